The van der Waals surface area contributed by atoms with Gasteiger partial charge in [-0.3, -0.25) is 4.79 Å². The quantitative estimate of drug-likeness (QED) is 0.209. The van der Waals surface area contributed by atoms with E-state index in [1.165, 1.54) is 11.9 Å². The number of hydrogen-bond donors (Lipinski definition) is 3. The summed E-state index contributed by atoms with van der Waals surface area (Å²) in [4.78, 5) is 24.8. The Labute approximate surface area is 220 Å². The van der Waals surface area contributed by atoms with E-state index in [-0.39, 0.29) is 11.8 Å². The molecule has 0 bridgehead atoms. The van der Waals surface area contributed by atoms with Crippen LogP contribution in [0.15, 0.2) is 73.1 Å². The number of aromatic nitrogens is 3. The van der Waals surface area contributed by atoms with Gasteiger partial charge in [-0.15, -0.1) is 0 Å². The lowest BCUT2D eigenvalue weighted by Gasteiger charge is -2.09. The average Bonchev–Trinajstić information content (AvgIpc) is 3.27. The Hall–Kier alpha value is -4.43. The first-order valence-electron chi connectivity index (χ1n) is 12.7. The Morgan fingerprint density at radius 3 is 2.68 bits per heavy atom. The van der Waals surface area contributed by atoms with E-state index in [1.807, 2.05) is 36.4 Å². The number of methoxy groups -OCH3 is 1. The maximum Gasteiger partial charge on any atom is 0.251 e. The third kappa shape index (κ3) is 5.60. The highest BCUT2D eigenvalue weighted by molar-refractivity contribution is 6.07. The molecule has 2 heterocycles. The van der Waals surface area contributed by atoms with Crippen LogP contribution < -0.4 is 10.1 Å². The van der Waals surface area contributed by atoms with Crippen LogP contribution in [-0.4, -0.2) is 52.8 Å². The van der Waals surface area contributed by atoms with E-state index >= 15 is 0 Å². The van der Waals surface area contributed by atoms with Crippen LogP contribution in [0.4, 0.5) is 0 Å². The Morgan fingerprint density at radius 1 is 0.974 bits per heavy atom. The van der Waals surface area contributed by atoms with Gasteiger partial charge in [0.1, 0.15) is 18.7 Å². The molecule has 1 amide bonds. The number of nitrogens with zero attached hydrogens (tertiary/aromatic N) is 2. The first-order chi connectivity index (χ1) is 18.6. The van der Waals surface area contributed by atoms with Gasteiger partial charge < -0.3 is 24.9 Å². The molecule has 0 saturated heterocycles. The number of nitrogens with one attached hydrogen (secondary N) is 2. The lowest BCUT2D eigenvalue weighted by atomic mass is 10.0. The maximum absolute atomic E-state index is 12.9. The largest absolute Gasteiger partial charge is 0.494 e. The predicted octanol–water partition coefficient (Wildman–Crippen LogP) is 5.26. The molecule has 0 aliphatic rings. The molecule has 0 saturated carbocycles. The summed E-state index contributed by atoms with van der Waals surface area (Å²) in [7, 11) is 1.62. The summed E-state index contributed by atoms with van der Waals surface area (Å²) >= 11 is 0. The molecule has 0 atom stereocenters. The molecule has 0 unspecified atom stereocenters. The fourth-order valence-corrected chi connectivity index (χ4v) is 4.53. The Balaban J connectivity index is 1.34. The number of hydrogen-bond acceptors (Lipinski definition) is 6. The zero-order chi connectivity index (χ0) is 26.3. The molecule has 0 aliphatic heterocycles. The van der Waals surface area contributed by atoms with Crippen molar-refractivity contribution in [1.82, 2.24) is 20.3 Å². The lowest BCUT2D eigenvalue weighted by Crippen LogP contribution is -2.24. The van der Waals surface area contributed by atoms with Gasteiger partial charge >= 0.3 is 0 Å². The number of carbonyl (C=O) groups is 1. The summed E-state index contributed by atoms with van der Waals surface area (Å²) < 4.78 is 10.7. The minimum Gasteiger partial charge on any atom is -0.494 e. The molecule has 0 spiro atoms. The molecule has 2 aromatic heterocycles. The third-order valence-electron chi connectivity index (χ3n) is 6.46. The monoisotopic (exact) mass is 510 g/mol. The van der Waals surface area contributed by atoms with Gasteiger partial charge in [0.05, 0.1) is 23.4 Å². The van der Waals surface area contributed by atoms with E-state index in [1.54, 1.807) is 25.3 Å². The molecule has 0 fully saturated rings. The van der Waals surface area contributed by atoms with Crippen LogP contribution in [0.1, 0.15) is 28.8 Å². The standard InChI is InChI=1S/C30H30N4O4/c1-37-15-16-38-22-11-12-23-26(18-22)32-19-33-28(23)27-24-17-21(10-13-25(24)34-30(27)36)29(35)31-14-6-5-9-20-7-3-2-4-8-20/h2-4,7-8,10-13,17-19,34,36H,5-6,9,14-16H2,1H3,(H,31,35). The molecule has 0 aliphatic carbocycles. The third-order valence-corrected chi connectivity index (χ3v) is 6.46. The number of H-pyrrole nitrogens is 1. The number of amides is 1. The van der Waals surface area contributed by atoms with Crippen molar-refractivity contribution >= 4 is 27.7 Å². The first kappa shape index (κ1) is 25.2. The van der Waals surface area contributed by atoms with Crippen LogP contribution in [0.2, 0.25) is 0 Å². The van der Waals surface area contributed by atoms with Gasteiger partial charge in [-0.2, -0.15) is 0 Å². The van der Waals surface area contributed by atoms with E-state index in [2.05, 4.69) is 32.4 Å². The van der Waals surface area contributed by atoms with Gasteiger partial charge in [-0.1, -0.05) is 30.3 Å². The Morgan fingerprint density at radius 2 is 1.84 bits per heavy atom. The minimum absolute atomic E-state index is 0.0149. The van der Waals surface area contributed by atoms with Crippen molar-refractivity contribution in [3.63, 3.8) is 0 Å². The summed E-state index contributed by atoms with van der Waals surface area (Å²) in [5, 5.41) is 15.3. The van der Waals surface area contributed by atoms with Crippen LogP contribution in [0, 0.1) is 0 Å². The predicted molar refractivity (Wildman–Crippen MR) is 148 cm³/mol. The first-order valence-corrected chi connectivity index (χ1v) is 12.7. The molecule has 3 aromatic carbocycles. The summed E-state index contributed by atoms with van der Waals surface area (Å²) in [6.07, 6.45) is 4.34. The minimum atomic E-state index is -0.149. The molecular weight excluding hydrogens is 480 g/mol. The van der Waals surface area contributed by atoms with Crippen molar-refractivity contribution in [3.8, 4) is 22.9 Å². The van der Waals surface area contributed by atoms with Crippen LogP contribution in [0.25, 0.3) is 33.1 Å². The van der Waals surface area contributed by atoms with Crippen LogP contribution in [0.3, 0.4) is 0 Å². The molecule has 3 N–H and O–H groups in total. The number of aryl methyl sites for hydroxylation is 1. The van der Waals surface area contributed by atoms with Gasteiger partial charge in [0.25, 0.3) is 5.91 Å². The average molecular weight is 511 g/mol. The van der Waals surface area contributed by atoms with Crippen LogP contribution >= 0.6 is 0 Å². The molecule has 5 rings (SSSR count). The highest BCUT2D eigenvalue weighted by Crippen LogP contribution is 2.39. The van der Waals surface area contributed by atoms with Crippen molar-refractivity contribution in [3.05, 3.63) is 84.2 Å². The maximum atomic E-state index is 12.9. The molecular formula is C30H30N4O4. The van der Waals surface area contributed by atoms with Gasteiger partial charge in [-0.05, 0) is 55.2 Å². The summed E-state index contributed by atoms with van der Waals surface area (Å²) in [5.74, 6) is 0.507. The zero-order valence-corrected chi connectivity index (χ0v) is 21.2. The van der Waals surface area contributed by atoms with Gasteiger partial charge in [-0.25, -0.2) is 9.97 Å². The molecule has 8 heteroatoms. The number of rotatable bonds is 11. The fraction of sp³-hybridized carbons (Fsp3) is 0.233. The normalized spacial score (nSPS) is 11.2. The van der Waals surface area contributed by atoms with Crippen molar-refractivity contribution in [2.75, 3.05) is 26.9 Å². The highest BCUT2D eigenvalue weighted by atomic mass is 16.5. The number of carbonyl (C=O) groups excluding carboxylic acids is 1. The summed E-state index contributed by atoms with van der Waals surface area (Å²) in [6.45, 7) is 1.52. The number of unbranched alkanes of at least 4 members (excludes halogenated alkanes) is 1. The van der Waals surface area contributed by atoms with E-state index in [9.17, 15) is 9.90 Å². The van der Waals surface area contributed by atoms with E-state index in [0.29, 0.717) is 58.7 Å². The molecule has 194 valence electrons. The molecule has 38 heavy (non-hydrogen) atoms. The SMILES string of the molecule is COCCOc1ccc2c(-c3c(O)[nH]c4ccc(C(=O)NCCCCc5ccccc5)cc34)ncnc2c1. The lowest BCUT2D eigenvalue weighted by molar-refractivity contribution is 0.0953. The second kappa shape index (κ2) is 11.7. The molecule has 0 radical (unpaired) electrons. The number of fused-ring (bicyclic) bond motifs is 2. The number of benzene rings is 3. The summed E-state index contributed by atoms with van der Waals surface area (Å²) in [6, 6.07) is 21.2. The molecule has 8 nitrogen and oxygen atoms in total. The number of aromatic amines is 1. The van der Waals surface area contributed by atoms with Crippen LogP contribution in [0.5, 0.6) is 11.6 Å². The number of ether oxygens (including phenoxy) is 2. The Bertz CT molecular complexity index is 1550. The van der Waals surface area contributed by atoms with E-state index < -0.39 is 0 Å². The van der Waals surface area contributed by atoms with Crippen molar-refractivity contribution < 1.29 is 19.4 Å². The van der Waals surface area contributed by atoms with Crippen molar-refractivity contribution in [2.45, 2.75) is 19.3 Å². The van der Waals surface area contributed by atoms with E-state index in [0.717, 1.165) is 24.6 Å². The van der Waals surface area contributed by atoms with Crippen molar-refractivity contribution in [2.24, 2.45) is 0 Å². The highest BCUT2D eigenvalue weighted by Gasteiger charge is 2.19. The smallest absolute Gasteiger partial charge is 0.251 e. The second-order valence-electron chi connectivity index (χ2n) is 9.05. The topological polar surface area (TPSA) is 109 Å². The zero-order valence-electron chi connectivity index (χ0n) is 21.2. The Kier molecular flexibility index (Phi) is 7.80. The van der Waals surface area contributed by atoms with Crippen LogP contribution in [-0.2, 0) is 11.2 Å². The van der Waals surface area contributed by atoms with Gasteiger partial charge in [0, 0.05) is 41.6 Å². The molecule has 5 aromatic rings. The van der Waals surface area contributed by atoms with Crippen molar-refractivity contribution in [1.29, 1.82) is 0 Å². The van der Waals surface area contributed by atoms with E-state index in [4.69, 9.17) is 9.47 Å². The van der Waals surface area contributed by atoms with Gasteiger partial charge in [0.2, 0.25) is 0 Å². The summed E-state index contributed by atoms with van der Waals surface area (Å²) in [5.41, 5.74) is 4.31. The fourth-order valence-electron chi connectivity index (χ4n) is 4.53. The van der Waals surface area contributed by atoms with Gasteiger partial charge in [0.15, 0.2) is 5.88 Å². The number of aromatic hydroxyl groups is 1. The second-order valence-corrected chi connectivity index (χ2v) is 9.05.